The largest absolute Gasteiger partial charge is 0.417 e. The highest BCUT2D eigenvalue weighted by Crippen LogP contribution is 2.34. The molecule has 0 heterocycles. The molecule has 0 bridgehead atoms. The van der Waals surface area contributed by atoms with Gasteiger partial charge in [-0.1, -0.05) is 19.1 Å². The number of halogens is 3. The Morgan fingerprint density at radius 1 is 1.32 bits per heavy atom. The van der Waals surface area contributed by atoms with Crippen LogP contribution in [0.2, 0.25) is 0 Å². The molecule has 1 saturated carbocycles. The second kappa shape index (κ2) is 5.23. The average Bonchev–Trinajstić information content (AvgIpc) is 3.18. The van der Waals surface area contributed by atoms with Crippen LogP contribution in [0.3, 0.4) is 0 Å². The first kappa shape index (κ1) is 13.9. The van der Waals surface area contributed by atoms with Gasteiger partial charge in [0.1, 0.15) is 0 Å². The van der Waals surface area contributed by atoms with E-state index in [2.05, 4.69) is 0 Å². The Labute approximate surface area is 110 Å². The second-order valence-electron chi connectivity index (χ2n) is 4.77. The van der Waals surface area contributed by atoms with Crippen LogP contribution in [0, 0.1) is 0 Å². The lowest BCUT2D eigenvalue weighted by Crippen LogP contribution is -2.35. The molecule has 2 nitrogen and oxygen atoms in total. The van der Waals surface area contributed by atoms with Crippen molar-refractivity contribution in [3.63, 3.8) is 0 Å². The van der Waals surface area contributed by atoms with Crippen molar-refractivity contribution < 1.29 is 18.0 Å². The Morgan fingerprint density at radius 2 is 1.95 bits per heavy atom. The summed E-state index contributed by atoms with van der Waals surface area (Å²) in [4.78, 5) is 13.9. The van der Waals surface area contributed by atoms with Crippen LogP contribution in [-0.2, 0) is 6.18 Å². The number of hydrogen-bond donors (Lipinski definition) is 0. The van der Waals surface area contributed by atoms with Crippen molar-refractivity contribution in [2.24, 2.45) is 0 Å². The highest BCUT2D eigenvalue weighted by Gasteiger charge is 2.38. The Kier molecular flexibility index (Phi) is 3.83. The van der Waals surface area contributed by atoms with E-state index < -0.39 is 17.6 Å². The molecule has 19 heavy (non-hydrogen) atoms. The molecular weight excluding hydrogens is 255 g/mol. The van der Waals surface area contributed by atoms with Crippen molar-refractivity contribution in [1.29, 1.82) is 0 Å². The molecule has 1 fully saturated rings. The normalized spacial score (nSPS) is 15.4. The molecule has 0 aliphatic heterocycles. The molecule has 0 radical (unpaired) electrons. The van der Waals surface area contributed by atoms with Gasteiger partial charge < -0.3 is 4.90 Å². The lowest BCUT2D eigenvalue weighted by Gasteiger charge is -2.23. The Bertz CT molecular complexity index is 466. The molecule has 0 atom stereocenters. The van der Waals surface area contributed by atoms with E-state index in [-0.39, 0.29) is 11.6 Å². The molecule has 104 valence electrons. The molecule has 1 aromatic carbocycles. The zero-order valence-electron chi connectivity index (χ0n) is 10.7. The first-order chi connectivity index (χ1) is 8.95. The van der Waals surface area contributed by atoms with Gasteiger partial charge in [-0.3, -0.25) is 4.79 Å². The molecule has 1 aliphatic carbocycles. The number of rotatable bonds is 4. The van der Waals surface area contributed by atoms with Gasteiger partial charge >= 0.3 is 6.18 Å². The summed E-state index contributed by atoms with van der Waals surface area (Å²) in [5, 5.41) is 0. The minimum atomic E-state index is -4.49. The second-order valence-corrected chi connectivity index (χ2v) is 4.77. The molecule has 0 saturated heterocycles. The van der Waals surface area contributed by atoms with Crippen LogP contribution in [0.5, 0.6) is 0 Å². The maximum atomic E-state index is 12.9. The first-order valence-corrected chi connectivity index (χ1v) is 6.42. The quantitative estimate of drug-likeness (QED) is 0.817. The standard InChI is InChI=1S/C14H16F3NO/c1-2-9-18(10-7-8-10)13(19)11-5-3-4-6-12(11)14(15,16)17/h3-6,10H,2,7-9H2,1H3. The molecule has 0 unspecified atom stereocenters. The lowest BCUT2D eigenvalue weighted by atomic mass is 10.1. The van der Waals surface area contributed by atoms with E-state index in [1.165, 1.54) is 18.2 Å². The molecule has 2 rings (SSSR count). The Hall–Kier alpha value is -1.52. The summed E-state index contributed by atoms with van der Waals surface area (Å²) in [5.41, 5.74) is -1.09. The Balaban J connectivity index is 2.32. The van der Waals surface area contributed by atoms with Crippen LogP contribution in [0.4, 0.5) is 13.2 Å². The summed E-state index contributed by atoms with van der Waals surface area (Å²) in [6, 6.07) is 5.12. The van der Waals surface area contributed by atoms with Gasteiger partial charge in [-0.2, -0.15) is 13.2 Å². The van der Waals surface area contributed by atoms with Gasteiger partial charge in [0.15, 0.2) is 0 Å². The van der Waals surface area contributed by atoms with Gasteiger partial charge in [-0.05, 0) is 31.4 Å². The van der Waals surface area contributed by atoms with Crippen LogP contribution in [0.1, 0.15) is 42.1 Å². The summed E-state index contributed by atoms with van der Waals surface area (Å²) in [5.74, 6) is -0.503. The zero-order valence-corrected chi connectivity index (χ0v) is 10.7. The summed E-state index contributed by atoms with van der Waals surface area (Å²) in [7, 11) is 0. The van der Waals surface area contributed by atoms with E-state index in [9.17, 15) is 18.0 Å². The molecular formula is C14H16F3NO. The number of alkyl halides is 3. The first-order valence-electron chi connectivity index (χ1n) is 6.42. The monoisotopic (exact) mass is 271 g/mol. The van der Waals surface area contributed by atoms with E-state index in [0.29, 0.717) is 6.54 Å². The number of nitrogens with zero attached hydrogens (tertiary/aromatic N) is 1. The predicted molar refractivity (Wildman–Crippen MR) is 65.8 cm³/mol. The van der Waals surface area contributed by atoms with E-state index >= 15 is 0 Å². The van der Waals surface area contributed by atoms with Crippen molar-refractivity contribution in [1.82, 2.24) is 4.90 Å². The Morgan fingerprint density at radius 3 is 2.47 bits per heavy atom. The molecule has 1 aliphatic rings. The van der Waals surface area contributed by atoms with Crippen LogP contribution in [0.25, 0.3) is 0 Å². The summed E-state index contributed by atoms with van der Waals surface area (Å²) >= 11 is 0. The van der Waals surface area contributed by atoms with Crippen molar-refractivity contribution in [2.75, 3.05) is 6.54 Å². The highest BCUT2D eigenvalue weighted by atomic mass is 19.4. The number of carbonyl (C=O) groups excluding carboxylic acids is 1. The molecule has 0 aromatic heterocycles. The minimum absolute atomic E-state index is 0.119. The third-order valence-electron chi connectivity index (χ3n) is 3.18. The zero-order chi connectivity index (χ0) is 14.0. The van der Waals surface area contributed by atoms with Gasteiger partial charge in [-0.25, -0.2) is 0 Å². The molecule has 5 heteroatoms. The molecule has 0 spiro atoms. The third-order valence-corrected chi connectivity index (χ3v) is 3.18. The number of benzene rings is 1. The van der Waals surface area contributed by atoms with E-state index in [0.717, 1.165) is 25.3 Å². The van der Waals surface area contributed by atoms with Crippen LogP contribution in [0.15, 0.2) is 24.3 Å². The number of carbonyl (C=O) groups is 1. The summed E-state index contributed by atoms with van der Waals surface area (Å²) < 4.78 is 38.7. The van der Waals surface area contributed by atoms with Crippen molar-refractivity contribution >= 4 is 5.91 Å². The SMILES string of the molecule is CCCN(C(=O)c1ccccc1C(F)(F)F)C1CC1. The van der Waals surface area contributed by atoms with E-state index in [1.54, 1.807) is 4.90 Å². The van der Waals surface area contributed by atoms with E-state index in [4.69, 9.17) is 0 Å². The minimum Gasteiger partial charge on any atom is -0.336 e. The topological polar surface area (TPSA) is 20.3 Å². The van der Waals surface area contributed by atoms with Gasteiger partial charge in [0.05, 0.1) is 11.1 Å². The fourth-order valence-electron chi connectivity index (χ4n) is 2.15. The van der Waals surface area contributed by atoms with Gasteiger partial charge in [0.2, 0.25) is 0 Å². The predicted octanol–water partition coefficient (Wildman–Crippen LogP) is 3.72. The molecule has 1 aromatic rings. The number of hydrogen-bond acceptors (Lipinski definition) is 1. The van der Waals surface area contributed by atoms with Crippen LogP contribution < -0.4 is 0 Å². The fraction of sp³-hybridized carbons (Fsp3) is 0.500. The summed E-state index contributed by atoms with van der Waals surface area (Å²) in [6.45, 7) is 2.42. The van der Waals surface area contributed by atoms with Crippen molar-refractivity contribution in [2.45, 2.75) is 38.4 Å². The van der Waals surface area contributed by atoms with Gasteiger partial charge in [-0.15, -0.1) is 0 Å². The maximum absolute atomic E-state index is 12.9. The summed E-state index contributed by atoms with van der Waals surface area (Å²) in [6.07, 6.45) is -1.97. The molecule has 1 amide bonds. The lowest BCUT2D eigenvalue weighted by molar-refractivity contribution is -0.138. The highest BCUT2D eigenvalue weighted by molar-refractivity contribution is 5.96. The van der Waals surface area contributed by atoms with Crippen molar-refractivity contribution in [3.05, 3.63) is 35.4 Å². The van der Waals surface area contributed by atoms with Gasteiger partial charge in [0.25, 0.3) is 5.91 Å². The van der Waals surface area contributed by atoms with Gasteiger partial charge in [0, 0.05) is 12.6 Å². The smallest absolute Gasteiger partial charge is 0.336 e. The van der Waals surface area contributed by atoms with Crippen LogP contribution >= 0.6 is 0 Å². The maximum Gasteiger partial charge on any atom is 0.417 e. The number of amides is 1. The fourth-order valence-corrected chi connectivity index (χ4v) is 2.15. The van der Waals surface area contributed by atoms with E-state index in [1.807, 2.05) is 6.92 Å². The molecule has 0 N–H and O–H groups in total. The average molecular weight is 271 g/mol. The van der Waals surface area contributed by atoms with Crippen molar-refractivity contribution in [3.8, 4) is 0 Å². The van der Waals surface area contributed by atoms with Crippen LogP contribution in [-0.4, -0.2) is 23.4 Å². The third kappa shape index (κ3) is 3.08.